The first-order chi connectivity index (χ1) is 12.0. The van der Waals surface area contributed by atoms with Gasteiger partial charge < -0.3 is 9.88 Å². The van der Waals surface area contributed by atoms with Crippen LogP contribution >= 0.6 is 0 Å². The number of nitrogens with one attached hydrogen (secondary N) is 1. The Hall–Kier alpha value is -2.77. The third kappa shape index (κ3) is 3.11. The minimum Gasteiger partial charge on any atom is -0.351 e. The van der Waals surface area contributed by atoms with Gasteiger partial charge in [0.25, 0.3) is 5.78 Å². The Balaban J connectivity index is 1.43. The van der Waals surface area contributed by atoms with Crippen molar-refractivity contribution in [3.8, 4) is 0 Å². The Labute approximate surface area is 145 Å². The number of aromatic nitrogens is 6. The topological polar surface area (TPSA) is 90.0 Å². The van der Waals surface area contributed by atoms with E-state index in [0.717, 1.165) is 42.3 Å². The van der Waals surface area contributed by atoms with Gasteiger partial charge in [-0.2, -0.15) is 4.98 Å². The maximum atomic E-state index is 12.4. The Bertz CT molecular complexity index is 955. The predicted octanol–water partition coefficient (Wildman–Crippen LogP) is 0.920. The molecule has 1 amide bonds. The quantitative estimate of drug-likeness (QED) is 0.766. The maximum Gasteiger partial charge on any atom is 0.252 e. The summed E-state index contributed by atoms with van der Waals surface area (Å²) in [5.41, 5.74) is 2.87. The minimum absolute atomic E-state index is 0.0597. The summed E-state index contributed by atoms with van der Waals surface area (Å²) in [6.07, 6.45) is 3.98. The molecule has 25 heavy (non-hydrogen) atoms. The number of hydrogen-bond donors (Lipinski definition) is 1. The van der Waals surface area contributed by atoms with Crippen molar-refractivity contribution in [2.24, 2.45) is 0 Å². The summed E-state index contributed by atoms with van der Waals surface area (Å²) in [4.78, 5) is 25.6. The molecule has 8 nitrogen and oxygen atoms in total. The van der Waals surface area contributed by atoms with Crippen molar-refractivity contribution in [3.05, 3.63) is 41.0 Å². The highest BCUT2D eigenvalue weighted by atomic mass is 16.1. The van der Waals surface area contributed by atoms with Crippen LogP contribution in [0.5, 0.6) is 0 Å². The normalized spacial score (nSPS) is 16.8. The van der Waals surface area contributed by atoms with Crippen LogP contribution in [0.3, 0.4) is 0 Å². The Morgan fingerprint density at radius 3 is 2.92 bits per heavy atom. The molecule has 4 heterocycles. The predicted molar refractivity (Wildman–Crippen MR) is 91.2 cm³/mol. The van der Waals surface area contributed by atoms with E-state index in [2.05, 4.69) is 29.9 Å². The van der Waals surface area contributed by atoms with Crippen LogP contribution in [-0.4, -0.2) is 41.1 Å². The highest BCUT2D eigenvalue weighted by Crippen LogP contribution is 2.15. The summed E-state index contributed by atoms with van der Waals surface area (Å²) in [6, 6.07) is 2.06. The fourth-order valence-corrected chi connectivity index (χ4v) is 3.41. The first-order valence-electron chi connectivity index (χ1n) is 8.50. The molecule has 0 bridgehead atoms. The SMILES string of the molecule is Cc1cn2c(n1)CCC(NC(=O)Cc1nc3nc(C)cc(C)n3n1)C2. The molecule has 130 valence electrons. The van der Waals surface area contributed by atoms with Crippen molar-refractivity contribution < 1.29 is 4.79 Å². The molecule has 1 aliphatic heterocycles. The van der Waals surface area contributed by atoms with Crippen LogP contribution in [0.4, 0.5) is 0 Å². The van der Waals surface area contributed by atoms with E-state index in [4.69, 9.17) is 0 Å². The van der Waals surface area contributed by atoms with Gasteiger partial charge in [0.1, 0.15) is 5.82 Å². The molecule has 1 N–H and O–H groups in total. The van der Waals surface area contributed by atoms with Crippen LogP contribution < -0.4 is 5.32 Å². The smallest absolute Gasteiger partial charge is 0.252 e. The zero-order valence-corrected chi connectivity index (χ0v) is 14.7. The number of nitrogens with zero attached hydrogens (tertiary/aromatic N) is 6. The van der Waals surface area contributed by atoms with Crippen LogP contribution in [0.1, 0.15) is 35.2 Å². The number of aryl methyl sites for hydroxylation is 4. The lowest BCUT2D eigenvalue weighted by atomic mass is 10.1. The summed E-state index contributed by atoms with van der Waals surface area (Å²) in [5, 5.41) is 7.48. The number of carbonyl (C=O) groups is 1. The number of hydrogen-bond acceptors (Lipinski definition) is 5. The molecule has 0 spiro atoms. The van der Waals surface area contributed by atoms with Crippen molar-refractivity contribution in [3.63, 3.8) is 0 Å². The second kappa shape index (κ2) is 5.94. The van der Waals surface area contributed by atoms with Crippen LogP contribution in [0.25, 0.3) is 5.78 Å². The van der Waals surface area contributed by atoms with Gasteiger partial charge in [-0.25, -0.2) is 14.5 Å². The molecule has 3 aromatic heterocycles. The molecule has 0 saturated heterocycles. The summed E-state index contributed by atoms with van der Waals surface area (Å²) >= 11 is 0. The van der Waals surface area contributed by atoms with Gasteiger partial charge in [0.05, 0.1) is 12.1 Å². The monoisotopic (exact) mass is 339 g/mol. The summed E-state index contributed by atoms with van der Waals surface area (Å²) in [6.45, 7) is 6.63. The summed E-state index contributed by atoms with van der Waals surface area (Å²) < 4.78 is 3.81. The van der Waals surface area contributed by atoms with Gasteiger partial charge in [0.15, 0.2) is 5.82 Å². The van der Waals surface area contributed by atoms with E-state index in [1.807, 2.05) is 33.0 Å². The van der Waals surface area contributed by atoms with Crippen molar-refractivity contribution in [1.29, 1.82) is 0 Å². The fraction of sp³-hybridized carbons (Fsp3) is 0.471. The molecule has 3 aromatic rings. The molecule has 4 rings (SSSR count). The third-order valence-electron chi connectivity index (χ3n) is 4.46. The average Bonchev–Trinajstić information content (AvgIpc) is 3.08. The molecule has 0 saturated carbocycles. The second-order valence-electron chi connectivity index (χ2n) is 6.71. The highest BCUT2D eigenvalue weighted by Gasteiger charge is 2.22. The number of rotatable bonds is 3. The van der Waals surface area contributed by atoms with Gasteiger partial charge in [0, 0.05) is 36.6 Å². The molecule has 0 radical (unpaired) electrons. The lowest BCUT2D eigenvalue weighted by Gasteiger charge is -2.24. The lowest BCUT2D eigenvalue weighted by Crippen LogP contribution is -2.41. The van der Waals surface area contributed by atoms with E-state index in [0.29, 0.717) is 11.6 Å². The van der Waals surface area contributed by atoms with Gasteiger partial charge in [-0.05, 0) is 33.3 Å². The number of amides is 1. The lowest BCUT2D eigenvalue weighted by molar-refractivity contribution is -0.121. The molecule has 1 atom stereocenters. The fourth-order valence-electron chi connectivity index (χ4n) is 3.41. The first-order valence-corrected chi connectivity index (χ1v) is 8.50. The van der Waals surface area contributed by atoms with E-state index < -0.39 is 0 Å². The molecule has 1 unspecified atom stereocenters. The average molecular weight is 339 g/mol. The van der Waals surface area contributed by atoms with Gasteiger partial charge in [-0.15, -0.1) is 5.10 Å². The van der Waals surface area contributed by atoms with Crippen molar-refractivity contribution in [2.45, 2.75) is 52.6 Å². The molecule has 0 aromatic carbocycles. The molecular weight excluding hydrogens is 318 g/mol. The van der Waals surface area contributed by atoms with Crippen LogP contribution in [0.15, 0.2) is 12.3 Å². The number of fused-ring (bicyclic) bond motifs is 2. The Morgan fingerprint density at radius 1 is 1.24 bits per heavy atom. The van der Waals surface area contributed by atoms with Gasteiger partial charge >= 0.3 is 0 Å². The Morgan fingerprint density at radius 2 is 2.08 bits per heavy atom. The third-order valence-corrected chi connectivity index (χ3v) is 4.46. The first kappa shape index (κ1) is 15.7. The standard InChI is InChI=1S/C17H21N7O/c1-10-6-12(3)24-17(19-10)21-14(22-24)7-16(25)20-13-4-5-15-18-11(2)8-23(15)9-13/h6,8,13H,4-5,7,9H2,1-3H3,(H,20,25). The highest BCUT2D eigenvalue weighted by molar-refractivity contribution is 5.78. The van der Waals surface area contributed by atoms with Crippen LogP contribution in [0, 0.1) is 20.8 Å². The number of carbonyl (C=O) groups excluding carboxylic acids is 1. The van der Waals surface area contributed by atoms with Crippen molar-refractivity contribution >= 4 is 11.7 Å². The molecule has 0 aliphatic carbocycles. The van der Waals surface area contributed by atoms with E-state index >= 15 is 0 Å². The van der Waals surface area contributed by atoms with Crippen LogP contribution in [0.2, 0.25) is 0 Å². The van der Waals surface area contributed by atoms with Crippen molar-refractivity contribution in [2.75, 3.05) is 0 Å². The largest absolute Gasteiger partial charge is 0.351 e. The minimum atomic E-state index is -0.0597. The second-order valence-corrected chi connectivity index (χ2v) is 6.71. The van der Waals surface area contributed by atoms with Crippen LogP contribution in [-0.2, 0) is 24.2 Å². The molecule has 8 heteroatoms. The van der Waals surface area contributed by atoms with Gasteiger partial charge in [-0.1, -0.05) is 0 Å². The molecular formula is C17H21N7O. The van der Waals surface area contributed by atoms with Gasteiger partial charge in [-0.3, -0.25) is 4.79 Å². The zero-order valence-electron chi connectivity index (χ0n) is 14.7. The van der Waals surface area contributed by atoms with E-state index in [9.17, 15) is 4.79 Å². The van der Waals surface area contributed by atoms with Gasteiger partial charge in [0.2, 0.25) is 5.91 Å². The molecule has 0 fully saturated rings. The van der Waals surface area contributed by atoms with E-state index in [-0.39, 0.29) is 18.4 Å². The zero-order chi connectivity index (χ0) is 17.6. The Kier molecular flexibility index (Phi) is 3.74. The van der Waals surface area contributed by atoms with E-state index in [1.165, 1.54) is 0 Å². The summed E-state index contributed by atoms with van der Waals surface area (Å²) in [5.74, 6) is 2.07. The number of imidazole rings is 1. The van der Waals surface area contributed by atoms with Crippen molar-refractivity contribution in [1.82, 2.24) is 34.4 Å². The molecule has 1 aliphatic rings. The summed E-state index contributed by atoms with van der Waals surface area (Å²) in [7, 11) is 0. The maximum absolute atomic E-state index is 12.4. The van der Waals surface area contributed by atoms with E-state index in [1.54, 1.807) is 4.52 Å².